The fourth-order valence-electron chi connectivity index (χ4n) is 3.54. The molecule has 2 aliphatic rings. The standard InChI is InChI=1S/C16H24N2O/c17-14-6-8-15(9-7-14)19-12-13-4-3-11-18-10-2-1-5-16(13)18/h6-9,13,16H,1-5,10-12,17H2. The minimum absolute atomic E-state index is 0.701. The first-order valence-electron chi connectivity index (χ1n) is 7.55. The van der Waals surface area contributed by atoms with Gasteiger partial charge in [0.25, 0.3) is 0 Å². The van der Waals surface area contributed by atoms with Crippen LogP contribution < -0.4 is 10.5 Å². The molecule has 104 valence electrons. The predicted octanol–water partition coefficient (Wildman–Crippen LogP) is 2.91. The number of fused-ring (bicyclic) bond motifs is 1. The first-order valence-corrected chi connectivity index (χ1v) is 7.55. The molecule has 1 aromatic carbocycles. The largest absolute Gasteiger partial charge is 0.493 e. The van der Waals surface area contributed by atoms with E-state index in [9.17, 15) is 0 Å². The zero-order valence-corrected chi connectivity index (χ0v) is 11.6. The van der Waals surface area contributed by atoms with Crippen LogP contribution in [0.25, 0.3) is 0 Å². The SMILES string of the molecule is Nc1ccc(OCC2CCCN3CCCCC23)cc1. The molecule has 2 heterocycles. The van der Waals surface area contributed by atoms with E-state index in [1.54, 1.807) is 0 Å². The van der Waals surface area contributed by atoms with Crippen LogP contribution in [0, 0.1) is 5.92 Å². The molecule has 0 aliphatic carbocycles. The molecule has 3 nitrogen and oxygen atoms in total. The summed E-state index contributed by atoms with van der Waals surface area (Å²) in [4.78, 5) is 2.68. The van der Waals surface area contributed by atoms with Crippen molar-refractivity contribution < 1.29 is 4.74 Å². The molecule has 2 atom stereocenters. The number of hydrogen-bond donors (Lipinski definition) is 1. The number of hydrogen-bond acceptors (Lipinski definition) is 3. The Bertz CT molecular complexity index is 402. The van der Waals surface area contributed by atoms with E-state index >= 15 is 0 Å². The van der Waals surface area contributed by atoms with Gasteiger partial charge in [0.2, 0.25) is 0 Å². The van der Waals surface area contributed by atoms with E-state index in [-0.39, 0.29) is 0 Å². The summed E-state index contributed by atoms with van der Waals surface area (Å²) in [5, 5.41) is 0. The summed E-state index contributed by atoms with van der Waals surface area (Å²) in [6.07, 6.45) is 6.76. The zero-order valence-electron chi connectivity index (χ0n) is 11.6. The second-order valence-electron chi connectivity index (χ2n) is 5.88. The van der Waals surface area contributed by atoms with Gasteiger partial charge >= 0.3 is 0 Å². The second kappa shape index (κ2) is 5.83. The average molecular weight is 260 g/mol. The monoisotopic (exact) mass is 260 g/mol. The quantitative estimate of drug-likeness (QED) is 0.849. The van der Waals surface area contributed by atoms with Gasteiger partial charge in [-0.3, -0.25) is 4.90 Å². The third-order valence-corrected chi connectivity index (χ3v) is 4.57. The van der Waals surface area contributed by atoms with Crippen molar-refractivity contribution in [3.05, 3.63) is 24.3 Å². The third kappa shape index (κ3) is 3.03. The van der Waals surface area contributed by atoms with E-state index in [0.717, 1.165) is 24.1 Å². The van der Waals surface area contributed by atoms with Crippen LogP contribution in [0.15, 0.2) is 24.3 Å². The van der Waals surface area contributed by atoms with Crippen LogP contribution in [0.1, 0.15) is 32.1 Å². The Balaban J connectivity index is 1.57. The number of rotatable bonds is 3. The summed E-state index contributed by atoms with van der Waals surface area (Å²) in [5.74, 6) is 1.65. The summed E-state index contributed by atoms with van der Waals surface area (Å²) in [5.41, 5.74) is 6.49. The Morgan fingerprint density at radius 2 is 1.84 bits per heavy atom. The fourth-order valence-corrected chi connectivity index (χ4v) is 3.54. The van der Waals surface area contributed by atoms with E-state index in [0.29, 0.717) is 5.92 Å². The Morgan fingerprint density at radius 3 is 2.68 bits per heavy atom. The fraction of sp³-hybridized carbons (Fsp3) is 0.625. The lowest BCUT2D eigenvalue weighted by Gasteiger charge is -2.44. The molecule has 2 fully saturated rings. The van der Waals surface area contributed by atoms with E-state index in [4.69, 9.17) is 10.5 Å². The van der Waals surface area contributed by atoms with Crippen LogP contribution >= 0.6 is 0 Å². The number of piperidine rings is 2. The molecule has 2 saturated heterocycles. The normalized spacial score (nSPS) is 27.8. The summed E-state index contributed by atoms with van der Waals surface area (Å²) in [6.45, 7) is 3.44. The maximum absolute atomic E-state index is 5.97. The first kappa shape index (κ1) is 12.8. The van der Waals surface area contributed by atoms with Gasteiger partial charge in [-0.15, -0.1) is 0 Å². The van der Waals surface area contributed by atoms with Crippen molar-refractivity contribution in [2.45, 2.75) is 38.1 Å². The number of benzene rings is 1. The molecule has 19 heavy (non-hydrogen) atoms. The maximum atomic E-state index is 5.97. The van der Waals surface area contributed by atoms with Gasteiger partial charge in [0.15, 0.2) is 0 Å². The first-order chi connectivity index (χ1) is 9.33. The van der Waals surface area contributed by atoms with Crippen molar-refractivity contribution in [2.24, 2.45) is 5.92 Å². The summed E-state index contributed by atoms with van der Waals surface area (Å²) >= 11 is 0. The van der Waals surface area contributed by atoms with Gasteiger partial charge in [0.05, 0.1) is 6.61 Å². The lowest BCUT2D eigenvalue weighted by Crippen LogP contribution is -2.49. The van der Waals surface area contributed by atoms with Crippen LogP contribution in [0.2, 0.25) is 0 Å². The average Bonchev–Trinajstić information content (AvgIpc) is 2.47. The third-order valence-electron chi connectivity index (χ3n) is 4.57. The smallest absolute Gasteiger partial charge is 0.119 e. The number of anilines is 1. The minimum Gasteiger partial charge on any atom is -0.493 e. The van der Waals surface area contributed by atoms with Crippen molar-refractivity contribution in [3.63, 3.8) is 0 Å². The molecular formula is C16H24N2O. The van der Waals surface area contributed by atoms with Gasteiger partial charge in [-0.2, -0.15) is 0 Å². The van der Waals surface area contributed by atoms with E-state index in [1.807, 2.05) is 24.3 Å². The molecule has 0 aromatic heterocycles. The maximum Gasteiger partial charge on any atom is 0.119 e. The molecule has 3 heteroatoms. The molecular weight excluding hydrogens is 236 g/mol. The van der Waals surface area contributed by atoms with Gasteiger partial charge in [0, 0.05) is 17.6 Å². The number of nitrogens with two attached hydrogens (primary N) is 1. The van der Waals surface area contributed by atoms with E-state index < -0.39 is 0 Å². The highest BCUT2D eigenvalue weighted by molar-refractivity contribution is 5.41. The Labute approximate surface area is 115 Å². The molecule has 0 amide bonds. The van der Waals surface area contributed by atoms with Crippen molar-refractivity contribution in [1.29, 1.82) is 0 Å². The lowest BCUT2D eigenvalue weighted by molar-refractivity contribution is 0.0366. The summed E-state index contributed by atoms with van der Waals surface area (Å²) in [6, 6.07) is 8.51. The van der Waals surface area contributed by atoms with E-state index in [2.05, 4.69) is 4.90 Å². The van der Waals surface area contributed by atoms with E-state index in [1.165, 1.54) is 45.2 Å². The Morgan fingerprint density at radius 1 is 1.05 bits per heavy atom. The molecule has 3 rings (SSSR count). The predicted molar refractivity (Wildman–Crippen MR) is 78.3 cm³/mol. The number of nitrogens with zero attached hydrogens (tertiary/aromatic N) is 1. The van der Waals surface area contributed by atoms with Crippen LogP contribution in [0.4, 0.5) is 5.69 Å². The molecule has 0 spiro atoms. The second-order valence-corrected chi connectivity index (χ2v) is 5.88. The van der Waals surface area contributed by atoms with Crippen LogP contribution in [-0.4, -0.2) is 30.6 Å². The highest BCUT2D eigenvalue weighted by atomic mass is 16.5. The summed E-state index contributed by atoms with van der Waals surface area (Å²) < 4.78 is 5.97. The minimum atomic E-state index is 0.701. The molecule has 0 saturated carbocycles. The molecule has 0 radical (unpaired) electrons. The van der Waals surface area contributed by atoms with Crippen molar-refractivity contribution in [3.8, 4) is 5.75 Å². The highest BCUT2D eigenvalue weighted by Gasteiger charge is 2.33. The molecule has 0 bridgehead atoms. The van der Waals surface area contributed by atoms with Crippen LogP contribution in [-0.2, 0) is 0 Å². The van der Waals surface area contributed by atoms with Crippen LogP contribution in [0.5, 0.6) is 5.75 Å². The topological polar surface area (TPSA) is 38.5 Å². The van der Waals surface area contributed by atoms with Gasteiger partial charge in [-0.1, -0.05) is 6.42 Å². The Kier molecular flexibility index (Phi) is 3.92. The van der Waals surface area contributed by atoms with Crippen molar-refractivity contribution in [1.82, 2.24) is 4.90 Å². The number of ether oxygens (including phenoxy) is 1. The van der Waals surface area contributed by atoms with Crippen molar-refractivity contribution >= 4 is 5.69 Å². The lowest BCUT2D eigenvalue weighted by atomic mass is 9.84. The molecule has 2 unspecified atom stereocenters. The van der Waals surface area contributed by atoms with Gasteiger partial charge in [-0.25, -0.2) is 0 Å². The molecule has 1 aromatic rings. The zero-order chi connectivity index (χ0) is 13.1. The molecule has 2 aliphatic heterocycles. The number of nitrogen functional groups attached to an aromatic ring is 1. The Hall–Kier alpha value is -1.22. The molecule has 2 N–H and O–H groups in total. The van der Waals surface area contributed by atoms with Crippen molar-refractivity contribution in [2.75, 3.05) is 25.4 Å². The van der Waals surface area contributed by atoms with Gasteiger partial charge in [-0.05, 0) is 63.0 Å². The highest BCUT2D eigenvalue weighted by Crippen LogP contribution is 2.31. The van der Waals surface area contributed by atoms with Crippen LogP contribution in [0.3, 0.4) is 0 Å². The van der Waals surface area contributed by atoms with Gasteiger partial charge in [0.1, 0.15) is 5.75 Å². The summed E-state index contributed by atoms with van der Waals surface area (Å²) in [7, 11) is 0. The van der Waals surface area contributed by atoms with Gasteiger partial charge < -0.3 is 10.5 Å².